The molecule has 1 aliphatic heterocycles. The molecular formula is C28H32N8O. The quantitative estimate of drug-likeness (QED) is 0.392. The molecule has 0 atom stereocenters. The van der Waals surface area contributed by atoms with Crippen molar-refractivity contribution in [2.75, 3.05) is 18.4 Å². The van der Waals surface area contributed by atoms with Gasteiger partial charge in [0.25, 0.3) is 0 Å². The van der Waals surface area contributed by atoms with Crippen LogP contribution in [-0.2, 0) is 11.3 Å². The molecule has 6 rings (SSSR count). The second-order valence-corrected chi connectivity index (χ2v) is 10.6. The molecule has 1 saturated carbocycles. The monoisotopic (exact) mass is 496 g/mol. The van der Waals surface area contributed by atoms with Crippen molar-refractivity contribution < 1.29 is 4.79 Å². The van der Waals surface area contributed by atoms with Gasteiger partial charge in [-0.3, -0.25) is 14.5 Å². The summed E-state index contributed by atoms with van der Waals surface area (Å²) in [5.41, 5.74) is 4.75. The predicted molar refractivity (Wildman–Crippen MR) is 142 cm³/mol. The van der Waals surface area contributed by atoms with Crippen LogP contribution in [0, 0.1) is 11.8 Å². The zero-order valence-corrected chi connectivity index (χ0v) is 21.3. The van der Waals surface area contributed by atoms with Gasteiger partial charge in [-0.15, -0.1) is 5.10 Å². The highest BCUT2D eigenvalue weighted by Crippen LogP contribution is 2.33. The SMILES string of the molecule is CC(C)c1cnnc(Nc2ccc3ncc(-c4cnn(CC5CCN(C(=O)C6CC6)CC5)c4)cc3n2)c1. The molecule has 0 radical (unpaired) electrons. The number of hydrogen-bond acceptors (Lipinski definition) is 7. The summed E-state index contributed by atoms with van der Waals surface area (Å²) in [5.74, 6) is 2.96. The van der Waals surface area contributed by atoms with E-state index in [1.165, 1.54) is 0 Å². The van der Waals surface area contributed by atoms with Gasteiger partial charge in [0.15, 0.2) is 5.82 Å². The molecule has 0 aromatic carbocycles. The molecule has 9 heteroatoms. The highest BCUT2D eigenvalue weighted by atomic mass is 16.2. The zero-order chi connectivity index (χ0) is 25.4. The van der Waals surface area contributed by atoms with Gasteiger partial charge < -0.3 is 10.2 Å². The van der Waals surface area contributed by atoms with Gasteiger partial charge >= 0.3 is 0 Å². The summed E-state index contributed by atoms with van der Waals surface area (Å²) in [6.07, 6.45) is 11.9. The molecule has 1 aliphatic carbocycles. The lowest BCUT2D eigenvalue weighted by atomic mass is 9.96. The van der Waals surface area contributed by atoms with Crippen LogP contribution >= 0.6 is 0 Å². The van der Waals surface area contributed by atoms with E-state index >= 15 is 0 Å². The Bertz CT molecular complexity index is 1420. The lowest BCUT2D eigenvalue weighted by Gasteiger charge is -2.32. The van der Waals surface area contributed by atoms with Crippen LogP contribution in [0.2, 0.25) is 0 Å². The second kappa shape index (κ2) is 9.88. The molecule has 0 unspecified atom stereocenters. The number of hydrogen-bond donors (Lipinski definition) is 1. The number of aromatic nitrogens is 6. The number of rotatable bonds is 7. The minimum atomic E-state index is 0.312. The molecule has 2 fully saturated rings. The number of pyridine rings is 2. The van der Waals surface area contributed by atoms with Crippen LogP contribution in [0.4, 0.5) is 11.6 Å². The number of amides is 1. The Morgan fingerprint density at radius 3 is 2.62 bits per heavy atom. The lowest BCUT2D eigenvalue weighted by molar-refractivity contribution is -0.134. The molecule has 1 amide bonds. The van der Waals surface area contributed by atoms with E-state index in [0.717, 1.165) is 73.0 Å². The highest BCUT2D eigenvalue weighted by molar-refractivity contribution is 5.82. The smallest absolute Gasteiger partial charge is 0.225 e. The Labute approximate surface area is 216 Å². The van der Waals surface area contributed by atoms with E-state index in [4.69, 9.17) is 4.98 Å². The summed E-state index contributed by atoms with van der Waals surface area (Å²) in [7, 11) is 0. The van der Waals surface area contributed by atoms with Crippen molar-refractivity contribution in [2.24, 2.45) is 11.8 Å². The number of piperidine rings is 1. The lowest BCUT2D eigenvalue weighted by Crippen LogP contribution is -2.40. The Hall–Kier alpha value is -3.88. The van der Waals surface area contributed by atoms with Crippen LogP contribution in [0.25, 0.3) is 22.2 Å². The van der Waals surface area contributed by atoms with Gasteiger partial charge in [0, 0.05) is 49.1 Å². The molecule has 4 aromatic rings. The number of carbonyl (C=O) groups is 1. The van der Waals surface area contributed by atoms with Crippen molar-refractivity contribution in [3.8, 4) is 11.1 Å². The fourth-order valence-electron chi connectivity index (χ4n) is 4.93. The van der Waals surface area contributed by atoms with E-state index in [9.17, 15) is 4.79 Å². The first-order valence-corrected chi connectivity index (χ1v) is 13.2. The summed E-state index contributed by atoms with van der Waals surface area (Å²) < 4.78 is 2.02. The Morgan fingerprint density at radius 2 is 1.84 bits per heavy atom. The van der Waals surface area contributed by atoms with Crippen LogP contribution in [0.15, 0.2) is 49.1 Å². The number of nitrogens with one attached hydrogen (secondary N) is 1. The summed E-state index contributed by atoms with van der Waals surface area (Å²) >= 11 is 0. The van der Waals surface area contributed by atoms with Crippen LogP contribution in [0.1, 0.15) is 51.0 Å². The minimum Gasteiger partial charge on any atom is -0.342 e. The van der Waals surface area contributed by atoms with Crippen molar-refractivity contribution in [1.29, 1.82) is 0 Å². The van der Waals surface area contributed by atoms with Crippen molar-refractivity contribution in [3.05, 3.63) is 54.6 Å². The Kier molecular flexibility index (Phi) is 6.28. The number of fused-ring (bicyclic) bond motifs is 1. The molecular weight excluding hydrogens is 464 g/mol. The summed E-state index contributed by atoms with van der Waals surface area (Å²) in [6, 6.07) is 7.91. The number of anilines is 2. The first-order chi connectivity index (χ1) is 18.0. The van der Waals surface area contributed by atoms with E-state index in [-0.39, 0.29) is 0 Å². The largest absolute Gasteiger partial charge is 0.342 e. The maximum absolute atomic E-state index is 12.3. The molecule has 1 N–H and O–H groups in total. The average Bonchev–Trinajstić information content (AvgIpc) is 3.67. The van der Waals surface area contributed by atoms with Crippen LogP contribution in [0.3, 0.4) is 0 Å². The standard InChI is InChI=1S/C28H32N8O/c1-18(2)21-12-27(34-30-14-21)33-26-6-5-24-25(32-26)11-22(13-29-24)23-15-31-36(17-23)16-19-7-9-35(10-8-19)28(37)20-3-4-20/h5-6,11-15,17-20H,3-4,7-10,16H2,1-2H3,(H,32,33,34). The maximum Gasteiger partial charge on any atom is 0.225 e. The van der Waals surface area contributed by atoms with Gasteiger partial charge in [0.1, 0.15) is 5.82 Å². The molecule has 9 nitrogen and oxygen atoms in total. The number of carbonyl (C=O) groups excluding carboxylic acids is 1. The number of nitrogens with zero attached hydrogens (tertiary/aromatic N) is 7. The van der Waals surface area contributed by atoms with Gasteiger partial charge in [-0.25, -0.2) is 4.98 Å². The Balaban J connectivity index is 1.13. The molecule has 0 bridgehead atoms. The van der Waals surface area contributed by atoms with Crippen molar-refractivity contribution in [2.45, 2.75) is 52.0 Å². The van der Waals surface area contributed by atoms with Gasteiger partial charge in [-0.2, -0.15) is 10.2 Å². The van der Waals surface area contributed by atoms with Gasteiger partial charge in [-0.1, -0.05) is 13.8 Å². The normalized spacial score (nSPS) is 16.5. The summed E-state index contributed by atoms with van der Waals surface area (Å²) in [6.45, 7) is 6.88. The maximum atomic E-state index is 12.3. The minimum absolute atomic E-state index is 0.312. The Morgan fingerprint density at radius 1 is 1.00 bits per heavy atom. The molecule has 1 saturated heterocycles. The third-order valence-electron chi connectivity index (χ3n) is 7.40. The molecule has 0 spiro atoms. The van der Waals surface area contributed by atoms with Crippen LogP contribution < -0.4 is 5.32 Å². The predicted octanol–water partition coefficient (Wildman–Crippen LogP) is 4.80. The summed E-state index contributed by atoms with van der Waals surface area (Å²) in [5, 5.41) is 16.2. The van der Waals surface area contributed by atoms with E-state index in [1.807, 2.05) is 41.3 Å². The van der Waals surface area contributed by atoms with E-state index < -0.39 is 0 Å². The van der Waals surface area contributed by atoms with E-state index in [0.29, 0.717) is 35.3 Å². The number of likely N-dealkylation sites (tertiary alicyclic amines) is 1. The molecule has 5 heterocycles. The molecule has 2 aliphatic rings. The first-order valence-electron chi connectivity index (χ1n) is 13.2. The molecule has 37 heavy (non-hydrogen) atoms. The van der Waals surface area contributed by atoms with Crippen molar-refractivity contribution in [3.63, 3.8) is 0 Å². The van der Waals surface area contributed by atoms with E-state index in [2.05, 4.69) is 50.5 Å². The fourth-order valence-corrected chi connectivity index (χ4v) is 4.93. The second-order valence-electron chi connectivity index (χ2n) is 10.6. The van der Waals surface area contributed by atoms with Crippen molar-refractivity contribution >= 4 is 28.6 Å². The first kappa shape index (κ1) is 23.5. The third kappa shape index (κ3) is 5.30. The van der Waals surface area contributed by atoms with Crippen molar-refractivity contribution in [1.82, 2.24) is 34.8 Å². The molecule has 4 aromatic heterocycles. The van der Waals surface area contributed by atoms with Gasteiger partial charge in [-0.05, 0) is 67.3 Å². The van der Waals surface area contributed by atoms with Crippen LogP contribution in [0.5, 0.6) is 0 Å². The topological polar surface area (TPSA) is 102 Å². The average molecular weight is 497 g/mol. The zero-order valence-electron chi connectivity index (χ0n) is 21.3. The summed E-state index contributed by atoms with van der Waals surface area (Å²) in [4.78, 5) is 23.8. The molecule has 190 valence electrons. The third-order valence-corrected chi connectivity index (χ3v) is 7.40. The highest BCUT2D eigenvalue weighted by Gasteiger charge is 2.34. The van der Waals surface area contributed by atoms with E-state index in [1.54, 1.807) is 6.20 Å². The van der Waals surface area contributed by atoms with Gasteiger partial charge in [0.05, 0.1) is 23.4 Å². The fraction of sp³-hybridized carbons (Fsp3) is 0.429. The van der Waals surface area contributed by atoms with Gasteiger partial charge in [0.2, 0.25) is 5.91 Å². The van der Waals surface area contributed by atoms with Crippen LogP contribution in [-0.4, -0.2) is 53.8 Å².